The normalized spacial score (nSPS) is 25.4. The Balaban J connectivity index is 1.63. The van der Waals surface area contributed by atoms with Crippen LogP contribution in [0.25, 0.3) is 0 Å². The molecule has 0 N–H and O–H groups in total. The Labute approximate surface area is 235 Å². The number of ether oxygens (including phenoxy) is 5. The van der Waals surface area contributed by atoms with E-state index in [0.29, 0.717) is 27.3 Å². The summed E-state index contributed by atoms with van der Waals surface area (Å²) in [6.45, 7) is 9.77. The fraction of sp³-hybridized carbons (Fsp3) is 0.333. The molecule has 1 aliphatic heterocycles. The second kappa shape index (κ2) is 10.3. The predicted molar refractivity (Wildman–Crippen MR) is 141 cm³/mol. The zero-order chi connectivity index (χ0) is 28.8. The van der Waals surface area contributed by atoms with Crippen molar-refractivity contribution in [3.05, 3.63) is 94.0 Å². The molecule has 4 atom stereocenters. The zero-order valence-corrected chi connectivity index (χ0v) is 22.7. The topological polar surface area (TPSA) is 114 Å². The number of carbonyl (C=O) groups is 4. The Hall–Kier alpha value is -3.79. The zero-order valence-electron chi connectivity index (χ0n) is 22.0. The fourth-order valence-corrected chi connectivity index (χ4v) is 6.12. The van der Waals surface area contributed by atoms with E-state index in [1.54, 1.807) is 42.5 Å². The molecule has 4 unspecified atom stereocenters. The number of rotatable bonds is 10. The first-order valence-electron chi connectivity index (χ1n) is 12.6. The summed E-state index contributed by atoms with van der Waals surface area (Å²) in [6.07, 6.45) is 0. The van der Waals surface area contributed by atoms with Crippen molar-refractivity contribution < 1.29 is 42.9 Å². The molecule has 9 nitrogen and oxygen atoms in total. The second-order valence-corrected chi connectivity index (χ2v) is 10.4. The number of halogens is 1. The van der Waals surface area contributed by atoms with Gasteiger partial charge >= 0.3 is 23.9 Å². The van der Waals surface area contributed by atoms with Gasteiger partial charge in [-0.05, 0) is 48.2 Å². The van der Waals surface area contributed by atoms with Crippen molar-refractivity contribution in [2.24, 2.45) is 11.8 Å². The fourth-order valence-electron chi connectivity index (χ4n) is 5.95. The van der Waals surface area contributed by atoms with Gasteiger partial charge < -0.3 is 23.7 Å². The Morgan fingerprint density at radius 3 is 1.70 bits per heavy atom. The summed E-state index contributed by atoms with van der Waals surface area (Å²) in [4.78, 5) is 50.7. The molecular formula is C30H27ClO9. The molecule has 1 fully saturated rings. The summed E-state index contributed by atoms with van der Waals surface area (Å²) in [5.41, 5.74) is -0.206. The molecule has 2 aromatic carbocycles. The molecule has 0 spiro atoms. The number of hydrogen-bond donors (Lipinski definition) is 0. The van der Waals surface area contributed by atoms with E-state index in [1.165, 1.54) is 13.8 Å². The molecule has 0 radical (unpaired) electrons. The molecule has 6 rings (SSSR count). The first-order valence-corrected chi connectivity index (χ1v) is 13.0. The Morgan fingerprint density at radius 2 is 1.23 bits per heavy atom. The van der Waals surface area contributed by atoms with E-state index in [4.69, 9.17) is 35.3 Å². The van der Waals surface area contributed by atoms with Gasteiger partial charge in [0.25, 0.3) is 0 Å². The first kappa shape index (κ1) is 27.8. The minimum absolute atomic E-state index is 0.0924. The summed E-state index contributed by atoms with van der Waals surface area (Å²) in [6, 6.07) is 12.3. The lowest BCUT2D eigenvalue weighted by molar-refractivity contribution is -0.183. The summed E-state index contributed by atoms with van der Waals surface area (Å²) in [5, 5.41) is 0.375. The van der Waals surface area contributed by atoms with E-state index in [1.807, 2.05) is 0 Å². The number of benzene rings is 2. The summed E-state index contributed by atoms with van der Waals surface area (Å²) >= 11 is 6.46. The quantitative estimate of drug-likeness (QED) is 0.139. The second-order valence-electron chi connectivity index (χ2n) is 9.93. The highest BCUT2D eigenvalue weighted by molar-refractivity contribution is 6.30. The van der Waals surface area contributed by atoms with Crippen molar-refractivity contribution in [2.45, 2.75) is 25.0 Å². The molecule has 1 saturated heterocycles. The molecule has 1 heterocycles. The van der Waals surface area contributed by atoms with Gasteiger partial charge in [0.1, 0.15) is 36.3 Å². The third-order valence-electron chi connectivity index (χ3n) is 7.42. The average Bonchev–Trinajstić information content (AvgIpc) is 3.24. The maximum Gasteiger partial charge on any atom is 0.333 e. The van der Waals surface area contributed by atoms with Crippen LogP contribution in [0.1, 0.15) is 36.1 Å². The van der Waals surface area contributed by atoms with Crippen LogP contribution in [0.5, 0.6) is 0 Å². The molecule has 0 saturated carbocycles. The molecule has 4 aliphatic rings. The van der Waals surface area contributed by atoms with Crippen molar-refractivity contribution in [1.82, 2.24) is 0 Å². The lowest BCUT2D eigenvalue weighted by Gasteiger charge is -2.58. The van der Waals surface area contributed by atoms with Gasteiger partial charge in [-0.15, -0.1) is 0 Å². The van der Waals surface area contributed by atoms with Gasteiger partial charge in [-0.1, -0.05) is 55.1 Å². The molecule has 0 aromatic heterocycles. The largest absolute Gasteiger partial charge is 0.460 e. The molecule has 0 amide bonds. The van der Waals surface area contributed by atoms with Crippen molar-refractivity contribution in [2.75, 3.05) is 26.4 Å². The van der Waals surface area contributed by atoms with E-state index in [9.17, 15) is 19.2 Å². The molecule has 2 bridgehead atoms. The van der Waals surface area contributed by atoms with Crippen LogP contribution < -0.4 is 0 Å². The van der Waals surface area contributed by atoms with E-state index in [0.717, 1.165) is 0 Å². The van der Waals surface area contributed by atoms with Crippen molar-refractivity contribution in [3.63, 3.8) is 0 Å². The van der Waals surface area contributed by atoms with Crippen LogP contribution in [0.4, 0.5) is 0 Å². The molecule has 3 aliphatic carbocycles. The van der Waals surface area contributed by atoms with Gasteiger partial charge in [0, 0.05) is 16.2 Å². The number of esters is 4. The Morgan fingerprint density at radius 1 is 0.775 bits per heavy atom. The standard InChI is InChI=1S/C30H27ClO9/c1-16(2)25(32)36-11-13-38-29-19-7-5-6-8-20(19)30(22-15-18(31)9-10-21(22)29,24-23(29)27(34)40-28(24)35)39-14-12-37-26(33)17(3)4/h5-10,15,23-24H,1,3,11-14H2,2,4H3. The van der Waals surface area contributed by atoms with Gasteiger partial charge in [0.15, 0.2) is 0 Å². The van der Waals surface area contributed by atoms with Crippen LogP contribution in [-0.2, 0) is 54.1 Å². The van der Waals surface area contributed by atoms with Crippen molar-refractivity contribution in [3.8, 4) is 0 Å². The minimum atomic E-state index is -1.49. The Bertz CT molecular complexity index is 1460. The monoisotopic (exact) mass is 566 g/mol. The van der Waals surface area contributed by atoms with E-state index in [2.05, 4.69) is 13.2 Å². The summed E-state index contributed by atoms with van der Waals surface area (Å²) in [5.74, 6) is -4.92. The van der Waals surface area contributed by atoms with Crippen molar-refractivity contribution >= 4 is 35.5 Å². The molecule has 208 valence electrons. The van der Waals surface area contributed by atoms with Gasteiger partial charge in [-0.3, -0.25) is 9.59 Å². The lowest BCUT2D eigenvalue weighted by Crippen LogP contribution is -2.63. The van der Waals surface area contributed by atoms with Gasteiger partial charge in [0.2, 0.25) is 0 Å². The number of cyclic esters (lactones) is 2. The van der Waals surface area contributed by atoms with Crippen molar-refractivity contribution in [1.29, 1.82) is 0 Å². The highest BCUT2D eigenvalue weighted by atomic mass is 35.5. The van der Waals surface area contributed by atoms with Crippen LogP contribution in [0.2, 0.25) is 5.02 Å². The van der Waals surface area contributed by atoms with E-state index in [-0.39, 0.29) is 37.6 Å². The number of carbonyl (C=O) groups excluding carboxylic acids is 4. The molecular weight excluding hydrogens is 540 g/mol. The number of hydrogen-bond acceptors (Lipinski definition) is 9. The smallest absolute Gasteiger partial charge is 0.333 e. The first-order chi connectivity index (χ1) is 19.1. The highest BCUT2D eigenvalue weighted by Crippen LogP contribution is 2.67. The third kappa shape index (κ3) is 4.08. The SMILES string of the molecule is C=C(C)C(=O)OCCOC12c3ccccc3C(OCCOC(=O)C(=C)C)(c3cc(Cl)ccc31)C1C(=O)OC(=O)C12. The van der Waals surface area contributed by atoms with Gasteiger partial charge in [-0.25, -0.2) is 9.59 Å². The maximum atomic E-state index is 13.4. The summed E-state index contributed by atoms with van der Waals surface area (Å²) in [7, 11) is 0. The van der Waals surface area contributed by atoms with Crippen LogP contribution in [-0.4, -0.2) is 50.3 Å². The Kier molecular flexibility index (Phi) is 7.16. The van der Waals surface area contributed by atoms with Crippen LogP contribution >= 0.6 is 11.6 Å². The third-order valence-corrected chi connectivity index (χ3v) is 7.65. The predicted octanol–water partition coefficient (Wildman–Crippen LogP) is 3.74. The molecule has 10 heteroatoms. The van der Waals surface area contributed by atoms with Gasteiger partial charge in [-0.2, -0.15) is 0 Å². The molecule has 40 heavy (non-hydrogen) atoms. The highest BCUT2D eigenvalue weighted by Gasteiger charge is 2.75. The van der Waals surface area contributed by atoms with E-state index >= 15 is 0 Å². The average molecular weight is 567 g/mol. The maximum absolute atomic E-state index is 13.4. The lowest BCUT2D eigenvalue weighted by atomic mass is 9.50. The minimum Gasteiger partial charge on any atom is -0.460 e. The van der Waals surface area contributed by atoms with E-state index < -0.39 is 46.9 Å². The van der Waals surface area contributed by atoms with Crippen LogP contribution in [0.3, 0.4) is 0 Å². The summed E-state index contributed by atoms with van der Waals surface area (Å²) < 4.78 is 28.7. The molecule has 2 aromatic rings. The van der Waals surface area contributed by atoms with Crippen LogP contribution in [0.15, 0.2) is 66.8 Å². The van der Waals surface area contributed by atoms with Crippen LogP contribution in [0, 0.1) is 11.8 Å². The van der Waals surface area contributed by atoms with Gasteiger partial charge in [0.05, 0.1) is 13.2 Å².